The minimum atomic E-state index is -0.144. The van der Waals surface area contributed by atoms with Crippen molar-refractivity contribution in [2.75, 3.05) is 0 Å². The van der Waals surface area contributed by atoms with Gasteiger partial charge in [-0.2, -0.15) is 0 Å². The summed E-state index contributed by atoms with van der Waals surface area (Å²) in [5, 5.41) is 0. The zero-order chi connectivity index (χ0) is 7.14. The number of hydrogen-bond donors (Lipinski definition) is 0. The molecule has 2 rings (SSSR count). The van der Waals surface area contributed by atoms with Crippen LogP contribution < -0.4 is 0 Å². The van der Waals surface area contributed by atoms with Crippen molar-refractivity contribution in [2.45, 2.75) is 12.8 Å². The summed E-state index contributed by atoms with van der Waals surface area (Å²) in [6.07, 6.45) is 5.56. The second kappa shape index (κ2) is 1.78. The molecule has 2 aliphatic rings. The third-order valence-corrected chi connectivity index (χ3v) is 2.35. The van der Waals surface area contributed by atoms with E-state index in [-0.39, 0.29) is 23.4 Å². The fourth-order valence-electron chi connectivity index (χ4n) is 1.66. The zero-order valence-corrected chi connectivity index (χ0v) is 5.54. The van der Waals surface area contributed by atoms with Gasteiger partial charge in [-0.15, -0.1) is 0 Å². The third-order valence-electron chi connectivity index (χ3n) is 2.35. The molecule has 0 aliphatic heterocycles. The SMILES string of the molecule is O=C1C(=O)C2CC=CCC12. The molecule has 0 bridgehead atoms. The Morgan fingerprint density at radius 2 is 1.40 bits per heavy atom. The van der Waals surface area contributed by atoms with Crippen molar-refractivity contribution < 1.29 is 9.59 Å². The van der Waals surface area contributed by atoms with Gasteiger partial charge in [0.05, 0.1) is 0 Å². The zero-order valence-electron chi connectivity index (χ0n) is 5.54. The molecule has 0 N–H and O–H groups in total. The largest absolute Gasteiger partial charge is 0.291 e. The first-order chi connectivity index (χ1) is 4.80. The van der Waals surface area contributed by atoms with E-state index >= 15 is 0 Å². The standard InChI is InChI=1S/C8H8O2/c9-7-5-3-1-2-4-6(5)8(7)10/h1-2,5-6H,3-4H2. The van der Waals surface area contributed by atoms with Gasteiger partial charge in [0.15, 0.2) is 0 Å². The van der Waals surface area contributed by atoms with E-state index in [1.807, 2.05) is 12.2 Å². The molecular formula is C8H8O2. The summed E-state index contributed by atoms with van der Waals surface area (Å²) in [6.45, 7) is 0. The molecule has 0 heterocycles. The van der Waals surface area contributed by atoms with Crippen molar-refractivity contribution in [3.63, 3.8) is 0 Å². The van der Waals surface area contributed by atoms with E-state index in [1.54, 1.807) is 0 Å². The van der Waals surface area contributed by atoms with Gasteiger partial charge in [0.2, 0.25) is 11.6 Å². The average molecular weight is 136 g/mol. The number of Topliss-reactive ketones (excluding diaryl/α,β-unsaturated/α-hetero) is 2. The van der Waals surface area contributed by atoms with Crippen LogP contribution in [0, 0.1) is 11.8 Å². The van der Waals surface area contributed by atoms with Crippen LogP contribution in [-0.4, -0.2) is 11.6 Å². The van der Waals surface area contributed by atoms with Gasteiger partial charge in [-0.3, -0.25) is 9.59 Å². The summed E-state index contributed by atoms with van der Waals surface area (Å²) in [4.78, 5) is 21.6. The molecule has 2 nitrogen and oxygen atoms in total. The van der Waals surface area contributed by atoms with E-state index in [0.29, 0.717) is 0 Å². The highest BCUT2D eigenvalue weighted by molar-refractivity contribution is 6.45. The van der Waals surface area contributed by atoms with E-state index in [2.05, 4.69) is 0 Å². The summed E-state index contributed by atoms with van der Waals surface area (Å²) < 4.78 is 0. The van der Waals surface area contributed by atoms with Gasteiger partial charge in [-0.1, -0.05) is 12.2 Å². The minimum Gasteiger partial charge on any atom is -0.291 e. The van der Waals surface area contributed by atoms with Crippen LogP contribution in [0.2, 0.25) is 0 Å². The molecule has 1 fully saturated rings. The lowest BCUT2D eigenvalue weighted by Crippen LogP contribution is -2.48. The molecule has 2 atom stereocenters. The first-order valence-corrected chi connectivity index (χ1v) is 3.54. The number of carbonyl (C=O) groups is 2. The number of allylic oxidation sites excluding steroid dienone is 2. The molecule has 2 heteroatoms. The number of hydrogen-bond acceptors (Lipinski definition) is 2. The highest BCUT2D eigenvalue weighted by atomic mass is 16.2. The minimum absolute atomic E-state index is 0.0532. The van der Waals surface area contributed by atoms with Gasteiger partial charge in [-0.05, 0) is 12.8 Å². The van der Waals surface area contributed by atoms with Crippen LogP contribution in [-0.2, 0) is 9.59 Å². The van der Waals surface area contributed by atoms with Crippen LogP contribution in [0.5, 0.6) is 0 Å². The van der Waals surface area contributed by atoms with Crippen molar-refractivity contribution in [2.24, 2.45) is 11.8 Å². The van der Waals surface area contributed by atoms with Crippen LogP contribution in [0.15, 0.2) is 12.2 Å². The van der Waals surface area contributed by atoms with Crippen LogP contribution in [0.1, 0.15) is 12.8 Å². The highest BCUT2D eigenvalue weighted by Gasteiger charge is 2.47. The maximum atomic E-state index is 10.8. The number of rotatable bonds is 0. The Bertz CT molecular complexity index is 203. The molecule has 10 heavy (non-hydrogen) atoms. The lowest BCUT2D eigenvalue weighted by atomic mass is 9.66. The van der Waals surface area contributed by atoms with Gasteiger partial charge in [0.1, 0.15) is 0 Å². The Morgan fingerprint density at radius 1 is 1.00 bits per heavy atom. The summed E-state index contributed by atoms with van der Waals surface area (Å²) in [5.41, 5.74) is 0. The molecule has 2 aliphatic carbocycles. The van der Waals surface area contributed by atoms with Gasteiger partial charge >= 0.3 is 0 Å². The van der Waals surface area contributed by atoms with Gasteiger partial charge in [0.25, 0.3) is 0 Å². The average Bonchev–Trinajstić information content (AvgIpc) is 2.03. The van der Waals surface area contributed by atoms with E-state index in [9.17, 15) is 9.59 Å². The van der Waals surface area contributed by atoms with E-state index in [1.165, 1.54) is 0 Å². The lowest BCUT2D eigenvalue weighted by molar-refractivity contribution is -0.152. The number of ketones is 2. The van der Waals surface area contributed by atoms with E-state index in [4.69, 9.17) is 0 Å². The second-order valence-electron chi connectivity index (χ2n) is 2.88. The Kier molecular flexibility index (Phi) is 1.04. The lowest BCUT2D eigenvalue weighted by Gasteiger charge is -2.33. The predicted molar refractivity (Wildman–Crippen MR) is 35.4 cm³/mol. The fourth-order valence-corrected chi connectivity index (χ4v) is 1.66. The summed E-state index contributed by atoms with van der Waals surface area (Å²) in [6, 6.07) is 0. The first-order valence-electron chi connectivity index (χ1n) is 3.54. The second-order valence-corrected chi connectivity index (χ2v) is 2.88. The molecule has 0 aromatic rings. The Balaban J connectivity index is 2.23. The molecule has 0 radical (unpaired) electrons. The Hall–Kier alpha value is -0.920. The smallest absolute Gasteiger partial charge is 0.202 e. The number of fused-ring (bicyclic) bond motifs is 1. The van der Waals surface area contributed by atoms with Crippen molar-refractivity contribution in [1.82, 2.24) is 0 Å². The fraction of sp³-hybridized carbons (Fsp3) is 0.500. The third kappa shape index (κ3) is 0.537. The van der Waals surface area contributed by atoms with Crippen LogP contribution >= 0.6 is 0 Å². The molecule has 52 valence electrons. The molecule has 0 amide bonds. The molecule has 2 unspecified atom stereocenters. The Morgan fingerprint density at radius 3 is 1.80 bits per heavy atom. The summed E-state index contributed by atoms with van der Waals surface area (Å²) in [5.74, 6) is -0.182. The topological polar surface area (TPSA) is 34.1 Å². The monoisotopic (exact) mass is 136 g/mol. The van der Waals surface area contributed by atoms with Gasteiger partial charge < -0.3 is 0 Å². The normalized spacial score (nSPS) is 37.2. The van der Waals surface area contributed by atoms with Crippen molar-refractivity contribution in [1.29, 1.82) is 0 Å². The Labute approximate surface area is 58.9 Å². The first kappa shape index (κ1) is 5.83. The maximum Gasteiger partial charge on any atom is 0.202 e. The van der Waals surface area contributed by atoms with Crippen molar-refractivity contribution >= 4 is 11.6 Å². The molecule has 0 saturated heterocycles. The summed E-state index contributed by atoms with van der Waals surface area (Å²) in [7, 11) is 0. The predicted octanol–water partition coefficient (Wildman–Crippen LogP) is 0.721. The van der Waals surface area contributed by atoms with Crippen LogP contribution in [0.3, 0.4) is 0 Å². The van der Waals surface area contributed by atoms with Crippen LogP contribution in [0.25, 0.3) is 0 Å². The highest BCUT2D eigenvalue weighted by Crippen LogP contribution is 2.36. The molecular weight excluding hydrogens is 128 g/mol. The molecule has 0 aromatic carbocycles. The van der Waals surface area contributed by atoms with Gasteiger partial charge in [-0.25, -0.2) is 0 Å². The van der Waals surface area contributed by atoms with Crippen molar-refractivity contribution in [3.05, 3.63) is 12.2 Å². The molecule has 1 saturated carbocycles. The molecule has 0 aromatic heterocycles. The maximum absolute atomic E-state index is 10.8. The van der Waals surface area contributed by atoms with Crippen molar-refractivity contribution in [3.8, 4) is 0 Å². The quantitative estimate of drug-likeness (QED) is 0.363. The van der Waals surface area contributed by atoms with Gasteiger partial charge in [0, 0.05) is 11.8 Å². The van der Waals surface area contributed by atoms with Crippen LogP contribution in [0.4, 0.5) is 0 Å². The number of carbonyl (C=O) groups excluding carboxylic acids is 2. The molecule has 0 spiro atoms. The van der Waals surface area contributed by atoms with E-state index in [0.717, 1.165) is 12.8 Å². The summed E-state index contributed by atoms with van der Waals surface area (Å²) >= 11 is 0. The van der Waals surface area contributed by atoms with E-state index < -0.39 is 0 Å².